The number of amidine groups is 1. The summed E-state index contributed by atoms with van der Waals surface area (Å²) in [5.74, 6) is 0.578. The lowest BCUT2D eigenvalue weighted by molar-refractivity contribution is 0.233. The molecular weight excluding hydrogens is 240 g/mol. The van der Waals surface area contributed by atoms with Crippen molar-refractivity contribution < 1.29 is 15.1 Å². The molecule has 6 heteroatoms. The molecule has 1 rings (SSSR count). The van der Waals surface area contributed by atoms with E-state index in [9.17, 15) is 0 Å². The molecule has 1 aromatic rings. The molecule has 17 heavy (non-hydrogen) atoms. The second-order valence-electron chi connectivity index (χ2n) is 3.24. The molecule has 1 aromatic carbocycles. The zero-order valence-electron chi connectivity index (χ0n) is 9.59. The number of benzene rings is 1. The van der Waals surface area contributed by atoms with Crippen molar-refractivity contribution in [3.05, 3.63) is 23.8 Å². The van der Waals surface area contributed by atoms with Crippen LogP contribution >= 0.6 is 11.8 Å². The van der Waals surface area contributed by atoms with Crippen LogP contribution in [0.4, 0.5) is 0 Å². The summed E-state index contributed by atoms with van der Waals surface area (Å²) in [5, 5.41) is 20.5. The van der Waals surface area contributed by atoms with Gasteiger partial charge >= 0.3 is 0 Å². The molecule has 0 saturated heterocycles. The molecule has 5 nitrogen and oxygen atoms in total. The van der Waals surface area contributed by atoms with E-state index >= 15 is 0 Å². The summed E-state index contributed by atoms with van der Waals surface area (Å²) >= 11 is 1.49. The number of ether oxygens (including phenoxy) is 1. The Morgan fingerprint density at radius 1 is 1.53 bits per heavy atom. The van der Waals surface area contributed by atoms with Crippen molar-refractivity contribution in [2.45, 2.75) is 11.3 Å². The SMILES string of the molecule is CSc1cccc(OCCCO)c1/C(N)=N/O. The van der Waals surface area contributed by atoms with Gasteiger partial charge in [0.25, 0.3) is 0 Å². The Bertz CT molecular complexity index is 396. The number of hydrogen-bond acceptors (Lipinski definition) is 5. The minimum Gasteiger partial charge on any atom is -0.493 e. The van der Waals surface area contributed by atoms with Gasteiger partial charge in [0.05, 0.1) is 12.2 Å². The van der Waals surface area contributed by atoms with Crippen LogP contribution in [-0.4, -0.2) is 35.6 Å². The summed E-state index contributed by atoms with van der Waals surface area (Å²) in [6.45, 7) is 0.459. The van der Waals surface area contributed by atoms with E-state index in [1.807, 2.05) is 18.4 Å². The van der Waals surface area contributed by atoms with E-state index in [-0.39, 0.29) is 12.4 Å². The van der Waals surface area contributed by atoms with E-state index in [0.717, 1.165) is 4.90 Å². The highest BCUT2D eigenvalue weighted by atomic mass is 32.2. The maximum atomic E-state index is 8.76. The number of hydrogen-bond donors (Lipinski definition) is 3. The van der Waals surface area contributed by atoms with Crippen molar-refractivity contribution in [2.24, 2.45) is 10.9 Å². The number of nitrogens with zero attached hydrogens (tertiary/aromatic N) is 1. The van der Waals surface area contributed by atoms with Gasteiger partial charge in [-0.3, -0.25) is 0 Å². The van der Waals surface area contributed by atoms with Gasteiger partial charge in [0, 0.05) is 17.9 Å². The molecule has 0 bridgehead atoms. The number of rotatable bonds is 6. The molecule has 0 unspecified atom stereocenters. The second kappa shape index (κ2) is 7.03. The number of oxime groups is 1. The quantitative estimate of drug-likeness (QED) is 0.178. The van der Waals surface area contributed by atoms with Gasteiger partial charge in [-0.2, -0.15) is 0 Å². The molecule has 0 aliphatic carbocycles. The van der Waals surface area contributed by atoms with Crippen LogP contribution in [0, 0.1) is 0 Å². The van der Waals surface area contributed by atoms with Crippen LogP contribution in [0.3, 0.4) is 0 Å². The van der Waals surface area contributed by atoms with Gasteiger partial charge in [-0.05, 0) is 18.4 Å². The normalized spacial score (nSPS) is 11.5. The van der Waals surface area contributed by atoms with E-state index in [2.05, 4.69) is 5.16 Å². The fraction of sp³-hybridized carbons (Fsp3) is 0.364. The van der Waals surface area contributed by atoms with Gasteiger partial charge in [0.1, 0.15) is 5.75 Å². The maximum absolute atomic E-state index is 8.76. The number of nitrogens with two attached hydrogens (primary N) is 1. The van der Waals surface area contributed by atoms with E-state index in [1.54, 1.807) is 6.07 Å². The van der Waals surface area contributed by atoms with Gasteiger partial charge in [-0.25, -0.2) is 0 Å². The molecule has 94 valence electrons. The first-order chi connectivity index (χ1) is 8.24. The molecule has 0 aliphatic rings. The molecule has 0 spiro atoms. The summed E-state index contributed by atoms with van der Waals surface area (Å²) in [5.41, 5.74) is 6.22. The molecule has 0 aromatic heterocycles. The highest BCUT2D eigenvalue weighted by molar-refractivity contribution is 7.98. The van der Waals surface area contributed by atoms with Gasteiger partial charge in [0.15, 0.2) is 5.84 Å². The first-order valence-corrected chi connectivity index (χ1v) is 6.35. The molecule has 0 fully saturated rings. The Morgan fingerprint density at radius 3 is 2.88 bits per heavy atom. The van der Waals surface area contributed by atoms with Crippen molar-refractivity contribution in [1.82, 2.24) is 0 Å². The molecule has 0 radical (unpaired) electrons. The molecule has 0 aliphatic heterocycles. The van der Waals surface area contributed by atoms with E-state index in [4.69, 9.17) is 20.8 Å². The third kappa shape index (κ3) is 3.54. The monoisotopic (exact) mass is 256 g/mol. The highest BCUT2D eigenvalue weighted by Gasteiger charge is 2.13. The third-order valence-corrected chi connectivity index (χ3v) is 2.91. The molecule has 0 amide bonds. The molecule has 4 N–H and O–H groups in total. The van der Waals surface area contributed by atoms with Gasteiger partial charge in [-0.1, -0.05) is 11.2 Å². The van der Waals surface area contributed by atoms with Crippen molar-refractivity contribution in [3.8, 4) is 5.75 Å². The average molecular weight is 256 g/mol. The Balaban J connectivity index is 3.02. The Labute approximate surface area is 104 Å². The number of aliphatic hydroxyl groups is 1. The highest BCUT2D eigenvalue weighted by Crippen LogP contribution is 2.28. The van der Waals surface area contributed by atoms with Crippen LogP contribution in [0.5, 0.6) is 5.75 Å². The first kappa shape index (κ1) is 13.7. The summed E-state index contributed by atoms with van der Waals surface area (Å²) in [6, 6.07) is 5.47. The second-order valence-corrected chi connectivity index (χ2v) is 4.09. The molecule has 0 saturated carbocycles. The minimum absolute atomic E-state index is 0.0222. The van der Waals surface area contributed by atoms with Gasteiger partial charge < -0.3 is 20.8 Å². The van der Waals surface area contributed by atoms with Crippen LogP contribution in [0.1, 0.15) is 12.0 Å². The Hall–Kier alpha value is -1.40. The van der Waals surface area contributed by atoms with Crippen molar-refractivity contribution in [1.29, 1.82) is 0 Å². The Kier molecular flexibility index (Phi) is 5.65. The van der Waals surface area contributed by atoms with E-state index in [1.165, 1.54) is 11.8 Å². The zero-order chi connectivity index (χ0) is 12.7. The Morgan fingerprint density at radius 2 is 2.29 bits per heavy atom. The fourth-order valence-corrected chi connectivity index (χ4v) is 1.97. The molecule has 0 heterocycles. The van der Waals surface area contributed by atoms with Gasteiger partial charge in [-0.15, -0.1) is 11.8 Å². The predicted molar refractivity (Wildman–Crippen MR) is 67.9 cm³/mol. The lowest BCUT2D eigenvalue weighted by Gasteiger charge is -2.13. The fourth-order valence-electron chi connectivity index (χ4n) is 1.35. The third-order valence-electron chi connectivity index (χ3n) is 2.13. The van der Waals surface area contributed by atoms with Crippen molar-refractivity contribution >= 4 is 17.6 Å². The lowest BCUT2D eigenvalue weighted by Crippen LogP contribution is -2.16. The summed E-state index contributed by atoms with van der Waals surface area (Å²) in [6.07, 6.45) is 2.44. The smallest absolute Gasteiger partial charge is 0.174 e. The summed E-state index contributed by atoms with van der Waals surface area (Å²) < 4.78 is 5.50. The van der Waals surface area contributed by atoms with E-state index in [0.29, 0.717) is 24.3 Å². The summed E-state index contributed by atoms with van der Waals surface area (Å²) in [4.78, 5) is 0.877. The van der Waals surface area contributed by atoms with Crippen molar-refractivity contribution in [2.75, 3.05) is 19.5 Å². The van der Waals surface area contributed by atoms with Crippen LogP contribution in [-0.2, 0) is 0 Å². The van der Waals surface area contributed by atoms with Crippen LogP contribution in [0.15, 0.2) is 28.3 Å². The zero-order valence-corrected chi connectivity index (χ0v) is 10.4. The number of aliphatic hydroxyl groups excluding tert-OH is 1. The average Bonchev–Trinajstić information content (AvgIpc) is 2.37. The lowest BCUT2D eigenvalue weighted by atomic mass is 10.2. The molecule has 0 atom stereocenters. The van der Waals surface area contributed by atoms with E-state index < -0.39 is 0 Å². The standard InChI is InChI=1S/C11H16N2O3S/c1-17-9-5-2-4-8(16-7-3-6-14)10(9)11(12)13-15/h2,4-5,14-15H,3,6-7H2,1H3,(H2,12,13). The largest absolute Gasteiger partial charge is 0.493 e. The van der Waals surface area contributed by atoms with Crippen LogP contribution in [0.2, 0.25) is 0 Å². The molecular formula is C11H16N2O3S. The van der Waals surface area contributed by atoms with Crippen LogP contribution in [0.25, 0.3) is 0 Å². The van der Waals surface area contributed by atoms with Crippen molar-refractivity contribution in [3.63, 3.8) is 0 Å². The first-order valence-electron chi connectivity index (χ1n) is 5.13. The predicted octanol–water partition coefficient (Wildman–Crippen LogP) is 1.26. The summed E-state index contributed by atoms with van der Waals surface area (Å²) in [7, 11) is 0. The van der Waals surface area contributed by atoms with Crippen LogP contribution < -0.4 is 10.5 Å². The number of thioether (sulfide) groups is 1. The van der Waals surface area contributed by atoms with Gasteiger partial charge in [0.2, 0.25) is 0 Å². The minimum atomic E-state index is 0.0222. The maximum Gasteiger partial charge on any atom is 0.174 e. The topological polar surface area (TPSA) is 88.1 Å².